The number of piperidine rings is 1. The Morgan fingerprint density at radius 3 is 3.00 bits per heavy atom. The molecule has 0 amide bonds. The molecule has 1 heterocycles. The summed E-state index contributed by atoms with van der Waals surface area (Å²) < 4.78 is 31.3. The van der Waals surface area contributed by atoms with Gasteiger partial charge in [-0.1, -0.05) is 6.92 Å². The van der Waals surface area contributed by atoms with Crippen LogP contribution < -0.4 is 10.5 Å². The van der Waals surface area contributed by atoms with Gasteiger partial charge in [0.15, 0.2) is 17.5 Å². The molecular formula is C15H21F2N3O. The molecule has 1 aliphatic rings. The lowest BCUT2D eigenvalue weighted by molar-refractivity contribution is 0.268. The van der Waals surface area contributed by atoms with Crippen LogP contribution in [0.5, 0.6) is 5.75 Å². The smallest absolute Gasteiger partial charge is 0.191 e. The molecule has 0 aliphatic carbocycles. The largest absolute Gasteiger partial charge is 0.489 e. The number of hydrogen-bond acceptors (Lipinski definition) is 2. The third-order valence-corrected chi connectivity index (χ3v) is 3.50. The van der Waals surface area contributed by atoms with Crippen LogP contribution in [0.1, 0.15) is 19.8 Å². The fourth-order valence-corrected chi connectivity index (χ4v) is 2.41. The minimum atomic E-state index is -0.711. The van der Waals surface area contributed by atoms with Crippen molar-refractivity contribution in [2.75, 3.05) is 26.2 Å². The summed E-state index contributed by atoms with van der Waals surface area (Å²) in [5.41, 5.74) is 5.94. The highest BCUT2D eigenvalue weighted by molar-refractivity contribution is 5.78. The van der Waals surface area contributed by atoms with Crippen LogP contribution in [0, 0.1) is 17.6 Å². The van der Waals surface area contributed by atoms with Crippen LogP contribution in [0.25, 0.3) is 0 Å². The Morgan fingerprint density at radius 2 is 2.29 bits per heavy atom. The predicted molar refractivity (Wildman–Crippen MR) is 78.3 cm³/mol. The molecule has 2 N–H and O–H groups in total. The van der Waals surface area contributed by atoms with E-state index < -0.39 is 11.6 Å². The van der Waals surface area contributed by atoms with Crippen molar-refractivity contribution in [3.63, 3.8) is 0 Å². The second-order valence-corrected chi connectivity index (χ2v) is 5.36. The molecule has 1 atom stereocenters. The second kappa shape index (κ2) is 7.24. The zero-order valence-corrected chi connectivity index (χ0v) is 12.2. The predicted octanol–water partition coefficient (Wildman–Crippen LogP) is 2.39. The van der Waals surface area contributed by atoms with Crippen LogP contribution in [0.15, 0.2) is 23.2 Å². The maximum absolute atomic E-state index is 13.3. The standard InChI is InChI=1S/C15H21F2N3O/c1-11-3-2-7-20(10-11)15(18)19-6-8-21-14-5-4-12(16)9-13(14)17/h4-5,9,11H,2-3,6-8,10H2,1H3,(H2,18,19). The molecule has 4 nitrogen and oxygen atoms in total. The molecule has 1 saturated heterocycles. The molecule has 2 rings (SSSR count). The van der Waals surface area contributed by atoms with E-state index in [2.05, 4.69) is 16.8 Å². The molecule has 1 unspecified atom stereocenters. The van der Waals surface area contributed by atoms with Gasteiger partial charge < -0.3 is 15.4 Å². The molecule has 1 aromatic rings. The molecule has 0 saturated carbocycles. The molecule has 0 spiro atoms. The first-order chi connectivity index (χ1) is 10.1. The summed E-state index contributed by atoms with van der Waals surface area (Å²) in [6, 6.07) is 3.22. The number of nitrogens with two attached hydrogens (primary N) is 1. The summed E-state index contributed by atoms with van der Waals surface area (Å²) in [4.78, 5) is 6.31. The van der Waals surface area contributed by atoms with Crippen molar-refractivity contribution in [1.82, 2.24) is 4.90 Å². The molecule has 0 aromatic heterocycles. The van der Waals surface area contributed by atoms with E-state index in [1.165, 1.54) is 12.5 Å². The normalized spacial score (nSPS) is 19.7. The number of ether oxygens (including phenoxy) is 1. The van der Waals surface area contributed by atoms with Crippen LogP contribution in [0.3, 0.4) is 0 Å². The van der Waals surface area contributed by atoms with Gasteiger partial charge in [0, 0.05) is 19.2 Å². The molecule has 116 valence electrons. The van der Waals surface area contributed by atoms with Crippen LogP contribution in [0.2, 0.25) is 0 Å². The van der Waals surface area contributed by atoms with Crippen molar-refractivity contribution >= 4 is 5.96 Å². The number of rotatable bonds is 4. The summed E-state index contributed by atoms with van der Waals surface area (Å²) >= 11 is 0. The topological polar surface area (TPSA) is 50.8 Å². The Kier molecular flexibility index (Phi) is 5.36. The van der Waals surface area contributed by atoms with Gasteiger partial charge in [-0.3, -0.25) is 0 Å². The number of aliphatic imine (C=N–C) groups is 1. The summed E-state index contributed by atoms with van der Waals surface area (Å²) in [7, 11) is 0. The Labute approximate surface area is 123 Å². The van der Waals surface area contributed by atoms with Crippen LogP contribution in [-0.2, 0) is 0 Å². The van der Waals surface area contributed by atoms with Crippen LogP contribution in [-0.4, -0.2) is 37.1 Å². The van der Waals surface area contributed by atoms with Gasteiger partial charge in [0.1, 0.15) is 12.4 Å². The summed E-state index contributed by atoms with van der Waals surface area (Å²) in [5, 5.41) is 0. The Hall–Kier alpha value is -1.85. The highest BCUT2D eigenvalue weighted by Gasteiger charge is 2.17. The summed E-state index contributed by atoms with van der Waals surface area (Å²) in [5.74, 6) is -0.184. The molecule has 0 bridgehead atoms. The van der Waals surface area contributed by atoms with E-state index in [0.717, 1.165) is 31.6 Å². The molecule has 1 fully saturated rings. The first-order valence-electron chi connectivity index (χ1n) is 7.19. The van der Waals surface area contributed by atoms with Gasteiger partial charge in [-0.05, 0) is 30.9 Å². The Morgan fingerprint density at radius 1 is 1.48 bits per heavy atom. The van der Waals surface area contributed by atoms with E-state index in [1.54, 1.807) is 0 Å². The van der Waals surface area contributed by atoms with Crippen LogP contribution in [0.4, 0.5) is 8.78 Å². The number of benzene rings is 1. The van der Waals surface area contributed by atoms with Crippen molar-refractivity contribution < 1.29 is 13.5 Å². The fraction of sp³-hybridized carbons (Fsp3) is 0.533. The van der Waals surface area contributed by atoms with Crippen molar-refractivity contribution in [3.8, 4) is 5.75 Å². The highest BCUT2D eigenvalue weighted by atomic mass is 19.1. The number of guanidine groups is 1. The van der Waals surface area contributed by atoms with Gasteiger partial charge in [-0.15, -0.1) is 0 Å². The Balaban J connectivity index is 1.79. The molecular weight excluding hydrogens is 276 g/mol. The van der Waals surface area contributed by atoms with E-state index in [0.29, 0.717) is 18.4 Å². The first-order valence-corrected chi connectivity index (χ1v) is 7.19. The second-order valence-electron chi connectivity index (χ2n) is 5.36. The van der Waals surface area contributed by atoms with Gasteiger partial charge in [0.05, 0.1) is 6.54 Å². The lowest BCUT2D eigenvalue weighted by Gasteiger charge is -2.31. The number of likely N-dealkylation sites (tertiary alicyclic amines) is 1. The van der Waals surface area contributed by atoms with Crippen molar-refractivity contribution in [3.05, 3.63) is 29.8 Å². The fourth-order valence-electron chi connectivity index (χ4n) is 2.41. The maximum Gasteiger partial charge on any atom is 0.191 e. The Bertz CT molecular complexity index is 508. The lowest BCUT2D eigenvalue weighted by Crippen LogP contribution is -2.43. The lowest BCUT2D eigenvalue weighted by atomic mass is 10.0. The third-order valence-electron chi connectivity index (χ3n) is 3.50. The van der Waals surface area contributed by atoms with Gasteiger partial charge in [0.2, 0.25) is 0 Å². The highest BCUT2D eigenvalue weighted by Crippen LogP contribution is 2.17. The van der Waals surface area contributed by atoms with Crippen LogP contribution >= 0.6 is 0 Å². The zero-order chi connectivity index (χ0) is 15.2. The van der Waals surface area contributed by atoms with Gasteiger partial charge >= 0.3 is 0 Å². The van der Waals surface area contributed by atoms with E-state index >= 15 is 0 Å². The quantitative estimate of drug-likeness (QED) is 0.527. The van der Waals surface area contributed by atoms with Gasteiger partial charge in [-0.2, -0.15) is 0 Å². The zero-order valence-electron chi connectivity index (χ0n) is 12.2. The van der Waals surface area contributed by atoms with E-state index in [9.17, 15) is 8.78 Å². The third kappa shape index (κ3) is 4.58. The average molecular weight is 297 g/mol. The van der Waals surface area contributed by atoms with Crippen molar-refractivity contribution in [2.45, 2.75) is 19.8 Å². The molecule has 21 heavy (non-hydrogen) atoms. The summed E-state index contributed by atoms with van der Waals surface area (Å²) in [6.45, 7) is 4.58. The van der Waals surface area contributed by atoms with Gasteiger partial charge in [-0.25, -0.2) is 13.8 Å². The van der Waals surface area contributed by atoms with E-state index in [1.807, 2.05) is 0 Å². The van der Waals surface area contributed by atoms with E-state index in [-0.39, 0.29) is 12.4 Å². The summed E-state index contributed by atoms with van der Waals surface area (Å²) in [6.07, 6.45) is 2.34. The number of halogens is 2. The number of nitrogens with zero attached hydrogens (tertiary/aromatic N) is 2. The van der Waals surface area contributed by atoms with Gasteiger partial charge in [0.25, 0.3) is 0 Å². The number of hydrogen-bond donors (Lipinski definition) is 1. The molecule has 6 heteroatoms. The first kappa shape index (κ1) is 15.5. The minimum absolute atomic E-state index is 0.0248. The maximum atomic E-state index is 13.3. The monoisotopic (exact) mass is 297 g/mol. The molecule has 1 aliphatic heterocycles. The molecule has 0 radical (unpaired) electrons. The van der Waals surface area contributed by atoms with E-state index in [4.69, 9.17) is 10.5 Å². The SMILES string of the molecule is CC1CCCN(C(N)=NCCOc2ccc(F)cc2F)C1. The minimum Gasteiger partial charge on any atom is -0.489 e. The van der Waals surface area contributed by atoms with Crippen molar-refractivity contribution in [2.24, 2.45) is 16.6 Å². The molecule has 1 aromatic carbocycles. The average Bonchev–Trinajstić information content (AvgIpc) is 2.45. The van der Waals surface area contributed by atoms with Crippen molar-refractivity contribution in [1.29, 1.82) is 0 Å².